The van der Waals surface area contributed by atoms with Crippen LogP contribution in [0.3, 0.4) is 0 Å². The number of ketones is 2. The number of fused-ring (bicyclic) bond motifs is 2. The number of esters is 3. The molecule has 5 atom stereocenters. The van der Waals surface area contributed by atoms with Gasteiger partial charge in [-0.25, -0.2) is 4.79 Å². The van der Waals surface area contributed by atoms with Gasteiger partial charge in [-0.2, -0.15) is 0 Å². The highest BCUT2D eigenvalue weighted by Gasteiger charge is 2.61. The van der Waals surface area contributed by atoms with Crippen molar-refractivity contribution in [1.29, 1.82) is 0 Å². The number of carbonyl (C=O) groups is 5. The molecule has 1 fully saturated rings. The van der Waals surface area contributed by atoms with E-state index in [1.165, 1.54) is 25.1 Å². The lowest BCUT2D eigenvalue weighted by Gasteiger charge is -2.45. The number of hydrogen-bond acceptors (Lipinski definition) is 12. The summed E-state index contributed by atoms with van der Waals surface area (Å²) in [6.45, 7) is 2.87. The standard InChI is InChI=1S/C33H28O12/c1-13-10-32-11-15-9-19-25(18(36)12-33(45-19,31(41)42-3)20-7-8-21(37)44-20)27(38)23(15)22(13)28(39)26(32)29(40)24-16(5-4-6-17(24)35)30(32)43-14(2)34/h4-6,9-10,20,22,30,35,38,40H,7-8,11-12H2,1-3H3. The van der Waals surface area contributed by atoms with Crippen molar-refractivity contribution in [3.8, 4) is 17.2 Å². The summed E-state index contributed by atoms with van der Waals surface area (Å²) in [6, 6.07) is 5.90. The van der Waals surface area contributed by atoms with Crippen LogP contribution in [-0.4, -0.2) is 63.6 Å². The fourth-order valence-electron chi connectivity index (χ4n) is 7.90. The Balaban J connectivity index is 1.47. The lowest BCUT2D eigenvalue weighted by atomic mass is 9.60. The van der Waals surface area contributed by atoms with E-state index in [2.05, 4.69) is 0 Å². The number of aliphatic hydroxyl groups is 1. The highest BCUT2D eigenvalue weighted by atomic mass is 16.6. The number of aromatic hydroxyl groups is 2. The average molecular weight is 617 g/mol. The molecule has 0 radical (unpaired) electrons. The Hall–Kier alpha value is -5.13. The van der Waals surface area contributed by atoms with Gasteiger partial charge in [0.15, 0.2) is 17.7 Å². The van der Waals surface area contributed by atoms with Gasteiger partial charge in [0.25, 0.3) is 0 Å². The Morgan fingerprint density at radius 1 is 1.07 bits per heavy atom. The number of cyclic esters (lactones) is 1. The number of methoxy groups -OCH3 is 1. The van der Waals surface area contributed by atoms with E-state index in [9.17, 15) is 39.3 Å². The summed E-state index contributed by atoms with van der Waals surface area (Å²) in [4.78, 5) is 65.8. The zero-order valence-electron chi connectivity index (χ0n) is 24.5. The maximum absolute atomic E-state index is 14.4. The van der Waals surface area contributed by atoms with Crippen LogP contribution in [0.2, 0.25) is 0 Å². The van der Waals surface area contributed by atoms with Gasteiger partial charge in [-0.05, 0) is 37.5 Å². The fourth-order valence-corrected chi connectivity index (χ4v) is 7.90. The molecule has 1 saturated heterocycles. The quantitative estimate of drug-likeness (QED) is 0.260. The molecular weight excluding hydrogens is 588 g/mol. The highest BCUT2D eigenvalue weighted by Crippen LogP contribution is 2.63. The summed E-state index contributed by atoms with van der Waals surface area (Å²) >= 11 is 0. The molecule has 12 heteroatoms. The van der Waals surface area contributed by atoms with Gasteiger partial charge in [-0.1, -0.05) is 23.8 Å². The van der Waals surface area contributed by atoms with Gasteiger partial charge in [-0.15, -0.1) is 0 Å². The number of phenols is 2. The van der Waals surface area contributed by atoms with Crippen LogP contribution < -0.4 is 4.74 Å². The molecule has 0 amide bonds. The first-order valence-electron chi connectivity index (χ1n) is 14.4. The third-order valence-electron chi connectivity index (χ3n) is 9.59. The van der Waals surface area contributed by atoms with E-state index in [-0.39, 0.29) is 58.6 Å². The maximum Gasteiger partial charge on any atom is 0.354 e. The molecule has 4 aliphatic carbocycles. The van der Waals surface area contributed by atoms with Gasteiger partial charge in [0.1, 0.15) is 34.7 Å². The number of hydrogen-bond donors (Lipinski definition) is 3. The predicted molar refractivity (Wildman–Crippen MR) is 151 cm³/mol. The third kappa shape index (κ3) is 3.68. The monoisotopic (exact) mass is 616 g/mol. The summed E-state index contributed by atoms with van der Waals surface area (Å²) in [7, 11) is 1.11. The Labute approximate surface area is 255 Å². The second-order valence-electron chi connectivity index (χ2n) is 12.1. The summed E-state index contributed by atoms with van der Waals surface area (Å²) in [5.74, 6) is -6.11. The smallest absolute Gasteiger partial charge is 0.354 e. The SMILES string of the molecule is COC(=O)C1(C2CCC(=O)O2)CC(=O)c2c(cc3c(c2O)C2C(=O)C4=C(O)c5c(O)cccc5C(OC(C)=O)C4(C=C2C)C3)O1. The topological polar surface area (TPSA) is 183 Å². The predicted octanol–water partition coefficient (Wildman–Crippen LogP) is 3.42. The Kier molecular flexibility index (Phi) is 6.00. The lowest BCUT2D eigenvalue weighted by Crippen LogP contribution is -2.58. The van der Waals surface area contributed by atoms with Crippen molar-refractivity contribution in [2.75, 3.05) is 7.11 Å². The average Bonchev–Trinajstić information content (AvgIpc) is 3.32. The van der Waals surface area contributed by atoms with E-state index in [0.29, 0.717) is 11.1 Å². The Morgan fingerprint density at radius 2 is 1.82 bits per heavy atom. The highest BCUT2D eigenvalue weighted by molar-refractivity contribution is 6.13. The summed E-state index contributed by atoms with van der Waals surface area (Å²) in [5, 5.41) is 34.1. The Bertz CT molecular complexity index is 1850. The van der Waals surface area contributed by atoms with E-state index < -0.39 is 76.5 Å². The maximum atomic E-state index is 14.4. The zero-order valence-corrected chi connectivity index (χ0v) is 24.5. The first-order valence-corrected chi connectivity index (χ1v) is 14.4. The Morgan fingerprint density at radius 3 is 2.49 bits per heavy atom. The molecule has 45 heavy (non-hydrogen) atoms. The van der Waals surface area contributed by atoms with Gasteiger partial charge in [0.05, 0.1) is 36.0 Å². The lowest BCUT2D eigenvalue weighted by molar-refractivity contribution is -0.175. The van der Waals surface area contributed by atoms with Crippen LogP contribution in [0.1, 0.15) is 77.7 Å². The molecule has 6 aliphatic rings. The zero-order chi connectivity index (χ0) is 32.2. The van der Waals surface area contributed by atoms with Crippen LogP contribution in [-0.2, 0) is 39.8 Å². The minimum Gasteiger partial charge on any atom is -0.507 e. The van der Waals surface area contributed by atoms with Crippen LogP contribution in [0.25, 0.3) is 5.76 Å². The number of allylic oxidation sites excluding steroid dienone is 1. The second-order valence-corrected chi connectivity index (χ2v) is 12.1. The van der Waals surface area contributed by atoms with Gasteiger partial charge in [0.2, 0.25) is 5.60 Å². The second kappa shape index (κ2) is 9.43. The van der Waals surface area contributed by atoms with E-state index >= 15 is 0 Å². The summed E-state index contributed by atoms with van der Waals surface area (Å²) < 4.78 is 22.4. The number of aliphatic hydroxyl groups excluding tert-OH is 1. The summed E-state index contributed by atoms with van der Waals surface area (Å²) in [6.07, 6.45) is -1.18. The van der Waals surface area contributed by atoms with E-state index in [1.54, 1.807) is 19.1 Å². The van der Waals surface area contributed by atoms with Gasteiger partial charge < -0.3 is 34.3 Å². The number of phenolic OH excluding ortho intramolecular Hbond substituents is 2. The molecule has 3 N–H and O–H groups in total. The number of rotatable bonds is 3. The number of Topliss-reactive ketones (excluding diaryl/α,β-unsaturated/α-hetero) is 2. The molecule has 8 rings (SSSR count). The molecule has 2 aliphatic heterocycles. The van der Waals surface area contributed by atoms with Crippen LogP contribution >= 0.6 is 0 Å². The molecule has 2 aromatic carbocycles. The van der Waals surface area contributed by atoms with Crippen molar-refractivity contribution in [1.82, 2.24) is 0 Å². The molecule has 0 saturated carbocycles. The molecule has 12 nitrogen and oxygen atoms in total. The van der Waals surface area contributed by atoms with Crippen LogP contribution in [0, 0.1) is 5.41 Å². The van der Waals surface area contributed by atoms with Crippen LogP contribution in [0.15, 0.2) is 41.5 Å². The van der Waals surface area contributed by atoms with Crippen molar-refractivity contribution in [2.45, 2.75) is 63.3 Å². The van der Waals surface area contributed by atoms with E-state index in [0.717, 1.165) is 7.11 Å². The van der Waals surface area contributed by atoms with Crippen molar-refractivity contribution in [3.05, 3.63) is 69.3 Å². The molecule has 232 valence electrons. The number of carbonyl (C=O) groups excluding carboxylic acids is 5. The van der Waals surface area contributed by atoms with Crippen molar-refractivity contribution in [2.24, 2.45) is 5.41 Å². The molecule has 2 heterocycles. The first kappa shape index (κ1) is 28.6. The van der Waals surface area contributed by atoms with E-state index in [1.807, 2.05) is 0 Å². The van der Waals surface area contributed by atoms with Crippen molar-refractivity contribution in [3.63, 3.8) is 0 Å². The van der Waals surface area contributed by atoms with Crippen LogP contribution in [0.5, 0.6) is 17.2 Å². The van der Waals surface area contributed by atoms with Crippen LogP contribution in [0.4, 0.5) is 0 Å². The fraction of sp³-hybridized carbons (Fsp3) is 0.364. The molecule has 5 unspecified atom stereocenters. The number of benzene rings is 2. The van der Waals surface area contributed by atoms with E-state index in [4.69, 9.17) is 18.9 Å². The summed E-state index contributed by atoms with van der Waals surface area (Å²) in [5.41, 5.74) is -2.70. The third-order valence-corrected chi connectivity index (χ3v) is 9.59. The van der Waals surface area contributed by atoms with Gasteiger partial charge in [-0.3, -0.25) is 19.2 Å². The first-order chi connectivity index (χ1) is 21.3. The minimum absolute atomic E-state index is 0.00762. The molecule has 1 spiro atoms. The minimum atomic E-state index is -2.01. The largest absolute Gasteiger partial charge is 0.507 e. The molecule has 2 bridgehead atoms. The molecular formula is C33H28O12. The van der Waals surface area contributed by atoms with Crippen molar-refractivity contribution < 1.29 is 58.2 Å². The molecule has 2 aromatic rings. The van der Waals surface area contributed by atoms with Crippen molar-refractivity contribution >= 4 is 35.2 Å². The normalized spacial score (nSPS) is 29.4. The van der Waals surface area contributed by atoms with Gasteiger partial charge in [0, 0.05) is 24.5 Å². The molecule has 0 aromatic heterocycles. The number of ether oxygens (including phenoxy) is 4. The van der Waals surface area contributed by atoms with Gasteiger partial charge >= 0.3 is 17.9 Å².